The zero-order valence-electron chi connectivity index (χ0n) is 16.4. The molecule has 7 heteroatoms. The Kier molecular flexibility index (Phi) is 5.99. The number of hydrogen-bond acceptors (Lipinski definition) is 4. The van der Waals surface area contributed by atoms with E-state index < -0.39 is 11.7 Å². The van der Waals surface area contributed by atoms with Crippen molar-refractivity contribution in [2.75, 3.05) is 18.0 Å². The number of aromatic nitrogens is 2. The summed E-state index contributed by atoms with van der Waals surface area (Å²) in [4.78, 5) is 11.4. The van der Waals surface area contributed by atoms with Gasteiger partial charge in [0.2, 0.25) is 0 Å². The quantitative estimate of drug-likeness (QED) is 0.536. The molecule has 3 aromatic rings. The molecule has 4 rings (SSSR count). The maximum atomic E-state index is 12.9. The Hall–Kier alpha value is -2.93. The summed E-state index contributed by atoms with van der Waals surface area (Å²) in [5.41, 5.74) is 1.63. The van der Waals surface area contributed by atoms with E-state index >= 15 is 0 Å². The van der Waals surface area contributed by atoms with Crippen LogP contribution in [-0.4, -0.2) is 23.1 Å². The van der Waals surface area contributed by atoms with Gasteiger partial charge in [-0.25, -0.2) is 9.97 Å². The average Bonchev–Trinajstić information content (AvgIpc) is 3.29. The highest BCUT2D eigenvalue weighted by atomic mass is 19.4. The van der Waals surface area contributed by atoms with Crippen LogP contribution >= 0.6 is 0 Å². The molecule has 4 nitrogen and oxygen atoms in total. The molecule has 1 aliphatic heterocycles. The SMILES string of the molecule is FC(F)(F)c1ccc(-c2nc(COCc3ccccc3)cc(N3CCCC3)n2)cc1. The molecule has 0 unspecified atom stereocenters. The highest BCUT2D eigenvalue weighted by Crippen LogP contribution is 2.31. The van der Waals surface area contributed by atoms with Crippen molar-refractivity contribution in [3.63, 3.8) is 0 Å². The molecule has 0 radical (unpaired) electrons. The molecule has 30 heavy (non-hydrogen) atoms. The van der Waals surface area contributed by atoms with E-state index in [9.17, 15) is 13.2 Å². The lowest BCUT2D eigenvalue weighted by molar-refractivity contribution is -0.137. The van der Waals surface area contributed by atoms with E-state index in [4.69, 9.17) is 4.74 Å². The maximum Gasteiger partial charge on any atom is 0.416 e. The van der Waals surface area contributed by atoms with Gasteiger partial charge in [0.1, 0.15) is 5.82 Å². The number of hydrogen-bond donors (Lipinski definition) is 0. The minimum absolute atomic E-state index is 0.298. The summed E-state index contributed by atoms with van der Waals surface area (Å²) in [6, 6.07) is 16.7. The maximum absolute atomic E-state index is 12.9. The van der Waals surface area contributed by atoms with Crippen molar-refractivity contribution in [2.45, 2.75) is 32.2 Å². The number of benzene rings is 2. The summed E-state index contributed by atoms with van der Waals surface area (Å²) in [7, 11) is 0. The fourth-order valence-corrected chi connectivity index (χ4v) is 3.45. The molecule has 1 fully saturated rings. The second kappa shape index (κ2) is 8.83. The molecular formula is C23H22F3N3O. The Morgan fingerprint density at radius 2 is 1.57 bits per heavy atom. The first kappa shape index (κ1) is 20.3. The normalized spacial score (nSPS) is 14.3. The molecule has 1 saturated heterocycles. The van der Waals surface area contributed by atoms with Gasteiger partial charge in [0.25, 0.3) is 0 Å². The van der Waals surface area contributed by atoms with Crippen LogP contribution in [0.3, 0.4) is 0 Å². The van der Waals surface area contributed by atoms with Crippen molar-refractivity contribution in [3.8, 4) is 11.4 Å². The zero-order chi connectivity index (χ0) is 21.0. The van der Waals surface area contributed by atoms with Crippen LogP contribution in [0.5, 0.6) is 0 Å². The predicted molar refractivity (Wildman–Crippen MR) is 109 cm³/mol. The van der Waals surface area contributed by atoms with E-state index in [0.29, 0.717) is 30.3 Å². The predicted octanol–water partition coefficient (Wildman–Crippen LogP) is 5.48. The van der Waals surface area contributed by atoms with Crippen LogP contribution < -0.4 is 4.90 Å². The van der Waals surface area contributed by atoms with Crippen molar-refractivity contribution in [2.24, 2.45) is 0 Å². The second-order valence-electron chi connectivity index (χ2n) is 7.29. The number of halogens is 3. The smallest absolute Gasteiger partial charge is 0.370 e. The minimum Gasteiger partial charge on any atom is -0.370 e. The fraction of sp³-hybridized carbons (Fsp3) is 0.304. The molecule has 2 aromatic carbocycles. The number of anilines is 1. The summed E-state index contributed by atoms with van der Waals surface area (Å²) < 4.78 is 44.5. The van der Waals surface area contributed by atoms with Crippen LogP contribution in [0.4, 0.5) is 19.0 Å². The third-order valence-corrected chi connectivity index (χ3v) is 5.03. The first-order chi connectivity index (χ1) is 14.5. The molecule has 2 heterocycles. The first-order valence-corrected chi connectivity index (χ1v) is 9.91. The number of nitrogens with zero attached hydrogens (tertiary/aromatic N) is 3. The first-order valence-electron chi connectivity index (χ1n) is 9.91. The van der Waals surface area contributed by atoms with Crippen molar-refractivity contribution in [1.82, 2.24) is 9.97 Å². The Morgan fingerprint density at radius 1 is 0.867 bits per heavy atom. The van der Waals surface area contributed by atoms with Crippen molar-refractivity contribution in [1.29, 1.82) is 0 Å². The molecule has 156 valence electrons. The number of ether oxygens (including phenoxy) is 1. The Labute approximate surface area is 173 Å². The molecule has 1 aromatic heterocycles. The second-order valence-corrected chi connectivity index (χ2v) is 7.29. The molecule has 0 atom stereocenters. The van der Waals surface area contributed by atoms with E-state index in [-0.39, 0.29) is 0 Å². The van der Waals surface area contributed by atoms with Gasteiger partial charge in [0.15, 0.2) is 5.82 Å². The Bertz CT molecular complexity index is 969. The van der Waals surface area contributed by atoms with Crippen molar-refractivity contribution in [3.05, 3.63) is 77.5 Å². The van der Waals surface area contributed by atoms with Gasteiger partial charge in [-0.1, -0.05) is 42.5 Å². The van der Waals surface area contributed by atoms with E-state index in [2.05, 4.69) is 14.9 Å². The molecule has 0 bridgehead atoms. The van der Waals surface area contributed by atoms with Crippen LogP contribution in [0, 0.1) is 0 Å². The third kappa shape index (κ3) is 4.97. The molecule has 1 aliphatic rings. The zero-order valence-corrected chi connectivity index (χ0v) is 16.4. The van der Waals surface area contributed by atoms with Gasteiger partial charge in [0.05, 0.1) is 24.5 Å². The standard InChI is InChI=1S/C23H22F3N3O/c24-23(25,26)19-10-8-18(9-11-19)22-27-20(14-21(28-22)29-12-4-5-13-29)16-30-15-17-6-2-1-3-7-17/h1-3,6-11,14H,4-5,12-13,15-16H2. The highest BCUT2D eigenvalue weighted by molar-refractivity contribution is 5.59. The van der Waals surface area contributed by atoms with Gasteiger partial charge in [-0.2, -0.15) is 13.2 Å². The average molecular weight is 413 g/mol. The minimum atomic E-state index is -4.37. The summed E-state index contributed by atoms with van der Waals surface area (Å²) in [5, 5.41) is 0. The van der Waals surface area contributed by atoms with E-state index in [1.54, 1.807) is 0 Å². The largest absolute Gasteiger partial charge is 0.416 e. The van der Waals surface area contributed by atoms with Crippen molar-refractivity contribution >= 4 is 5.82 Å². The lowest BCUT2D eigenvalue weighted by Gasteiger charge is -2.18. The molecular weight excluding hydrogens is 391 g/mol. The summed E-state index contributed by atoms with van der Waals surface area (Å²) in [6.45, 7) is 2.58. The molecule has 0 N–H and O–H groups in total. The Morgan fingerprint density at radius 3 is 2.23 bits per heavy atom. The molecule has 0 amide bonds. The van der Waals surface area contributed by atoms with Gasteiger partial charge < -0.3 is 9.64 Å². The van der Waals surface area contributed by atoms with Crippen LogP contribution in [-0.2, 0) is 24.1 Å². The lowest BCUT2D eigenvalue weighted by Crippen LogP contribution is -2.20. The Balaban J connectivity index is 1.57. The number of rotatable bonds is 6. The van der Waals surface area contributed by atoms with Crippen LogP contribution in [0.2, 0.25) is 0 Å². The highest BCUT2D eigenvalue weighted by Gasteiger charge is 2.30. The lowest BCUT2D eigenvalue weighted by atomic mass is 10.1. The number of alkyl halides is 3. The molecule has 0 saturated carbocycles. The van der Waals surface area contributed by atoms with Gasteiger partial charge in [-0.15, -0.1) is 0 Å². The van der Waals surface area contributed by atoms with E-state index in [0.717, 1.165) is 49.4 Å². The van der Waals surface area contributed by atoms with E-state index in [1.165, 1.54) is 12.1 Å². The van der Waals surface area contributed by atoms with Crippen LogP contribution in [0.25, 0.3) is 11.4 Å². The van der Waals surface area contributed by atoms with E-state index in [1.807, 2.05) is 36.4 Å². The fourth-order valence-electron chi connectivity index (χ4n) is 3.45. The molecule has 0 aliphatic carbocycles. The van der Waals surface area contributed by atoms with Gasteiger partial charge >= 0.3 is 6.18 Å². The summed E-state index contributed by atoms with van der Waals surface area (Å²) >= 11 is 0. The third-order valence-electron chi connectivity index (χ3n) is 5.03. The van der Waals surface area contributed by atoms with Crippen LogP contribution in [0.15, 0.2) is 60.7 Å². The monoisotopic (exact) mass is 413 g/mol. The van der Waals surface area contributed by atoms with Gasteiger partial charge in [-0.3, -0.25) is 0 Å². The van der Waals surface area contributed by atoms with Gasteiger partial charge in [-0.05, 0) is 30.5 Å². The van der Waals surface area contributed by atoms with Gasteiger partial charge in [0, 0.05) is 24.7 Å². The topological polar surface area (TPSA) is 38.2 Å². The summed E-state index contributed by atoms with van der Waals surface area (Å²) in [5.74, 6) is 1.20. The van der Waals surface area contributed by atoms with Crippen LogP contribution in [0.1, 0.15) is 29.7 Å². The molecule has 0 spiro atoms. The van der Waals surface area contributed by atoms with Crippen molar-refractivity contribution < 1.29 is 17.9 Å². The summed E-state index contributed by atoms with van der Waals surface area (Å²) in [6.07, 6.45) is -2.17.